The number of hydrogen-bond donors (Lipinski definition) is 1. The molecule has 0 radical (unpaired) electrons. The van der Waals surface area contributed by atoms with Crippen LogP contribution in [0.25, 0.3) is 0 Å². The molecule has 0 spiro atoms. The van der Waals surface area contributed by atoms with Crippen molar-refractivity contribution < 1.29 is 18.0 Å². The second-order valence-corrected chi connectivity index (χ2v) is 13.8. The number of nitrogens with one attached hydrogen (secondary N) is 1. The molecule has 1 N–H and O–H groups in total. The summed E-state index contributed by atoms with van der Waals surface area (Å²) < 4.78 is 29.6. The first-order chi connectivity index (χ1) is 21.4. The lowest BCUT2D eigenvalue weighted by atomic mass is 10.0. The Kier molecular flexibility index (Phi) is 10.8. The molecule has 0 unspecified atom stereocenters. The number of carbonyl (C=O) groups is 2. The lowest BCUT2D eigenvalue weighted by Gasteiger charge is -2.34. The van der Waals surface area contributed by atoms with E-state index in [-0.39, 0.29) is 29.8 Å². The third kappa shape index (κ3) is 8.39. The van der Waals surface area contributed by atoms with Crippen molar-refractivity contribution in [3.8, 4) is 0 Å². The maximum absolute atomic E-state index is 14.6. The van der Waals surface area contributed by atoms with Crippen LogP contribution in [0.4, 0.5) is 5.69 Å². The van der Waals surface area contributed by atoms with Gasteiger partial charge in [0.1, 0.15) is 12.6 Å². The van der Waals surface area contributed by atoms with Gasteiger partial charge in [-0.05, 0) is 93.6 Å². The first-order valence-corrected chi connectivity index (χ1v) is 16.7. The maximum Gasteiger partial charge on any atom is 0.264 e. The average Bonchev–Trinajstić information content (AvgIpc) is 3.00. The van der Waals surface area contributed by atoms with Gasteiger partial charge in [0.2, 0.25) is 11.8 Å². The summed E-state index contributed by atoms with van der Waals surface area (Å²) >= 11 is 0. The number of carbonyl (C=O) groups excluding carboxylic acids is 2. The van der Waals surface area contributed by atoms with Gasteiger partial charge in [0.15, 0.2) is 0 Å². The van der Waals surface area contributed by atoms with E-state index in [0.29, 0.717) is 5.69 Å². The van der Waals surface area contributed by atoms with Gasteiger partial charge in [0, 0.05) is 19.0 Å². The van der Waals surface area contributed by atoms with Gasteiger partial charge in [-0.15, -0.1) is 0 Å². The molecule has 236 valence electrons. The average molecular weight is 626 g/mol. The van der Waals surface area contributed by atoms with Gasteiger partial charge in [-0.25, -0.2) is 8.42 Å². The molecule has 8 heteroatoms. The Balaban J connectivity index is 1.83. The number of hydrogen-bond acceptors (Lipinski definition) is 4. The third-order valence-electron chi connectivity index (χ3n) is 7.97. The van der Waals surface area contributed by atoms with Crippen molar-refractivity contribution in [1.29, 1.82) is 0 Å². The van der Waals surface area contributed by atoms with E-state index < -0.39 is 28.5 Å². The second kappa shape index (κ2) is 14.6. The summed E-state index contributed by atoms with van der Waals surface area (Å²) in [7, 11) is -4.15. The van der Waals surface area contributed by atoms with Gasteiger partial charge in [-0.1, -0.05) is 78.4 Å². The molecule has 0 aliphatic carbocycles. The van der Waals surface area contributed by atoms with Crippen LogP contribution in [-0.4, -0.2) is 43.8 Å². The summed E-state index contributed by atoms with van der Waals surface area (Å²) in [6, 6.07) is 28.2. The SMILES string of the molecule is Cc1ccc(S(=O)(=O)N(CC(=O)N(Cc2ccccc2C)[C@H](Cc2ccccc2)C(=O)NC(C)C)c2ccc(C)c(C)c2)cc1. The van der Waals surface area contributed by atoms with E-state index in [1.807, 2.05) is 102 Å². The fourth-order valence-corrected chi connectivity index (χ4v) is 6.56. The fraction of sp³-hybridized carbons (Fsp3) is 0.297. The zero-order chi connectivity index (χ0) is 32.7. The van der Waals surface area contributed by atoms with Crippen molar-refractivity contribution in [3.63, 3.8) is 0 Å². The lowest BCUT2D eigenvalue weighted by molar-refractivity contribution is -0.140. The number of nitrogens with zero attached hydrogens (tertiary/aromatic N) is 2. The smallest absolute Gasteiger partial charge is 0.264 e. The molecule has 0 aliphatic rings. The van der Waals surface area contributed by atoms with E-state index in [2.05, 4.69) is 5.32 Å². The van der Waals surface area contributed by atoms with E-state index in [1.165, 1.54) is 4.90 Å². The molecule has 4 aromatic carbocycles. The summed E-state index contributed by atoms with van der Waals surface area (Å²) in [6.45, 7) is 11.1. The topological polar surface area (TPSA) is 86.8 Å². The first kappa shape index (κ1) is 33.5. The highest BCUT2D eigenvalue weighted by molar-refractivity contribution is 7.92. The molecule has 0 aromatic heterocycles. The monoisotopic (exact) mass is 625 g/mol. The van der Waals surface area contributed by atoms with E-state index in [0.717, 1.165) is 37.7 Å². The van der Waals surface area contributed by atoms with Crippen molar-refractivity contribution >= 4 is 27.5 Å². The number of rotatable bonds is 12. The van der Waals surface area contributed by atoms with E-state index in [4.69, 9.17) is 0 Å². The van der Waals surface area contributed by atoms with Crippen molar-refractivity contribution in [1.82, 2.24) is 10.2 Å². The van der Waals surface area contributed by atoms with Gasteiger partial charge >= 0.3 is 0 Å². The minimum absolute atomic E-state index is 0.0861. The minimum Gasteiger partial charge on any atom is -0.352 e. The highest BCUT2D eigenvalue weighted by atomic mass is 32.2. The van der Waals surface area contributed by atoms with Crippen LogP contribution < -0.4 is 9.62 Å². The standard InChI is InChI=1S/C37H43N3O4S/c1-26(2)38-37(42)35(23-31-13-8-7-9-14-31)39(24-32-15-11-10-12-29(32)5)36(41)25-40(33-19-18-28(4)30(6)22-33)45(43,44)34-20-16-27(3)17-21-34/h7-22,26,35H,23-25H2,1-6H3,(H,38,42)/t35-/m1/s1. The van der Waals surface area contributed by atoms with Crippen LogP contribution in [0.1, 0.15) is 47.2 Å². The maximum atomic E-state index is 14.6. The second-order valence-electron chi connectivity index (χ2n) is 11.9. The Morgan fingerprint density at radius 1 is 0.756 bits per heavy atom. The summed E-state index contributed by atoms with van der Waals surface area (Å²) in [6.07, 6.45) is 0.269. The molecule has 0 fully saturated rings. The van der Waals surface area contributed by atoms with Crippen LogP contribution in [0.2, 0.25) is 0 Å². The predicted octanol–water partition coefficient (Wildman–Crippen LogP) is 6.28. The molecule has 0 heterocycles. The lowest BCUT2D eigenvalue weighted by Crippen LogP contribution is -2.54. The number of sulfonamides is 1. The largest absolute Gasteiger partial charge is 0.352 e. The van der Waals surface area contributed by atoms with E-state index in [1.54, 1.807) is 36.4 Å². The van der Waals surface area contributed by atoms with Crippen molar-refractivity contribution in [2.24, 2.45) is 0 Å². The van der Waals surface area contributed by atoms with Crippen LogP contribution >= 0.6 is 0 Å². The number of benzene rings is 4. The molecule has 0 saturated heterocycles. The van der Waals surface area contributed by atoms with Gasteiger partial charge < -0.3 is 10.2 Å². The summed E-state index contributed by atoms with van der Waals surface area (Å²) in [4.78, 5) is 30.0. The first-order valence-electron chi connectivity index (χ1n) is 15.2. The fourth-order valence-electron chi connectivity index (χ4n) is 5.15. The number of anilines is 1. The van der Waals surface area contributed by atoms with Crippen LogP contribution in [0.15, 0.2) is 102 Å². The van der Waals surface area contributed by atoms with Crippen LogP contribution in [-0.2, 0) is 32.6 Å². The Hall–Kier alpha value is -4.43. The predicted molar refractivity (Wildman–Crippen MR) is 181 cm³/mol. The van der Waals surface area contributed by atoms with Crippen LogP contribution in [0.5, 0.6) is 0 Å². The third-order valence-corrected chi connectivity index (χ3v) is 9.76. The minimum atomic E-state index is -4.15. The molecule has 2 amide bonds. The molecule has 0 aliphatic heterocycles. The van der Waals surface area contributed by atoms with Crippen molar-refractivity contribution in [2.75, 3.05) is 10.8 Å². The molecule has 45 heavy (non-hydrogen) atoms. The Morgan fingerprint density at radius 2 is 1.40 bits per heavy atom. The normalized spacial score (nSPS) is 12.1. The molecule has 4 aromatic rings. The molecule has 7 nitrogen and oxygen atoms in total. The summed E-state index contributed by atoms with van der Waals surface area (Å²) in [5, 5.41) is 2.99. The highest BCUT2D eigenvalue weighted by Crippen LogP contribution is 2.27. The van der Waals surface area contributed by atoms with Crippen molar-refractivity contribution in [2.45, 2.75) is 71.5 Å². The van der Waals surface area contributed by atoms with Gasteiger partial charge in [0.05, 0.1) is 10.6 Å². The molecular formula is C37H43N3O4S. The van der Waals surface area contributed by atoms with Crippen LogP contribution in [0, 0.1) is 27.7 Å². The zero-order valence-electron chi connectivity index (χ0n) is 26.9. The van der Waals surface area contributed by atoms with Crippen LogP contribution in [0.3, 0.4) is 0 Å². The Morgan fingerprint density at radius 3 is 2.02 bits per heavy atom. The highest BCUT2D eigenvalue weighted by Gasteiger charge is 2.35. The van der Waals surface area contributed by atoms with E-state index in [9.17, 15) is 18.0 Å². The molecule has 4 rings (SSSR count). The summed E-state index contributed by atoms with van der Waals surface area (Å²) in [5.74, 6) is -0.776. The molecule has 0 saturated carbocycles. The van der Waals surface area contributed by atoms with E-state index >= 15 is 0 Å². The quantitative estimate of drug-likeness (QED) is 0.201. The molecular weight excluding hydrogens is 582 g/mol. The number of aryl methyl sites for hydroxylation is 4. The number of amides is 2. The molecule has 0 bridgehead atoms. The Labute approximate surface area is 268 Å². The zero-order valence-corrected chi connectivity index (χ0v) is 27.8. The van der Waals surface area contributed by atoms with Gasteiger partial charge in [-0.2, -0.15) is 0 Å². The Bertz CT molecular complexity index is 1740. The van der Waals surface area contributed by atoms with Gasteiger partial charge in [-0.3, -0.25) is 13.9 Å². The summed E-state index contributed by atoms with van der Waals surface area (Å²) in [5.41, 5.74) is 5.95. The van der Waals surface area contributed by atoms with Crippen molar-refractivity contribution in [3.05, 3.63) is 130 Å². The van der Waals surface area contributed by atoms with Gasteiger partial charge in [0.25, 0.3) is 10.0 Å². The molecule has 1 atom stereocenters.